The number of unbranched alkanes of at least 4 members (excludes halogenated alkanes) is 3. The molecule has 1 atom stereocenters. The molecule has 1 heterocycles. The highest BCUT2D eigenvalue weighted by atomic mass is 19.1. The van der Waals surface area contributed by atoms with Crippen LogP contribution in [-0.2, 0) is 6.42 Å². The van der Waals surface area contributed by atoms with Gasteiger partial charge in [-0.2, -0.15) is 0 Å². The average molecular weight is 330 g/mol. The summed E-state index contributed by atoms with van der Waals surface area (Å²) in [6.07, 6.45) is 9.40. The van der Waals surface area contributed by atoms with Crippen LogP contribution in [0.5, 0.6) is 5.75 Å². The lowest BCUT2D eigenvalue weighted by molar-refractivity contribution is 0.192. The van der Waals surface area contributed by atoms with Crippen LogP contribution in [0, 0.1) is 0 Å². The molecule has 130 valence electrons. The van der Waals surface area contributed by atoms with Crippen molar-refractivity contribution in [3.63, 3.8) is 0 Å². The molecule has 0 aliphatic heterocycles. The fourth-order valence-corrected chi connectivity index (χ4v) is 2.39. The molecule has 0 N–H and O–H groups in total. The molecule has 0 amide bonds. The highest BCUT2D eigenvalue weighted by Crippen LogP contribution is 2.20. The third-order valence-electron chi connectivity index (χ3n) is 4.01. The molecule has 0 spiro atoms. The van der Waals surface area contributed by atoms with E-state index >= 15 is 0 Å². The van der Waals surface area contributed by atoms with Gasteiger partial charge in [-0.1, -0.05) is 33.1 Å². The third-order valence-corrected chi connectivity index (χ3v) is 4.01. The number of nitrogens with zero attached hydrogens (tertiary/aromatic N) is 2. The predicted molar refractivity (Wildman–Crippen MR) is 96.0 cm³/mol. The largest absolute Gasteiger partial charge is 0.491 e. The van der Waals surface area contributed by atoms with E-state index < -0.39 is 6.17 Å². The molecule has 0 aliphatic carbocycles. The van der Waals surface area contributed by atoms with E-state index in [1.54, 1.807) is 0 Å². The van der Waals surface area contributed by atoms with Crippen molar-refractivity contribution in [2.75, 3.05) is 6.61 Å². The summed E-state index contributed by atoms with van der Waals surface area (Å²) in [5, 5.41) is 0. The first-order valence-electron chi connectivity index (χ1n) is 8.91. The van der Waals surface area contributed by atoms with Gasteiger partial charge in [0, 0.05) is 18.0 Å². The van der Waals surface area contributed by atoms with Gasteiger partial charge in [0.05, 0.1) is 0 Å². The van der Waals surface area contributed by atoms with Crippen LogP contribution in [0.1, 0.15) is 51.5 Å². The second-order valence-electron chi connectivity index (χ2n) is 6.07. The summed E-state index contributed by atoms with van der Waals surface area (Å²) in [5.74, 6) is 1.37. The predicted octanol–water partition coefficient (Wildman–Crippen LogP) is 5.39. The molecule has 0 fully saturated rings. The van der Waals surface area contributed by atoms with Crippen LogP contribution >= 0.6 is 0 Å². The van der Waals surface area contributed by atoms with Gasteiger partial charge in [0.2, 0.25) is 0 Å². The van der Waals surface area contributed by atoms with Crippen LogP contribution in [0.3, 0.4) is 0 Å². The second-order valence-corrected chi connectivity index (χ2v) is 6.07. The molecular formula is C20H27FN2O. The van der Waals surface area contributed by atoms with Gasteiger partial charge in [-0.05, 0) is 49.1 Å². The number of halogens is 1. The van der Waals surface area contributed by atoms with Gasteiger partial charge in [-0.25, -0.2) is 14.4 Å². The Hall–Kier alpha value is -1.97. The number of ether oxygens (including phenoxy) is 1. The van der Waals surface area contributed by atoms with Crippen molar-refractivity contribution in [3.05, 3.63) is 42.2 Å². The molecule has 0 saturated carbocycles. The van der Waals surface area contributed by atoms with Crippen molar-refractivity contribution in [1.29, 1.82) is 0 Å². The zero-order valence-electron chi connectivity index (χ0n) is 14.7. The lowest BCUT2D eigenvalue weighted by atomic mass is 10.1. The molecule has 0 bridgehead atoms. The summed E-state index contributed by atoms with van der Waals surface area (Å²) in [5.41, 5.74) is 2.12. The molecule has 4 heteroatoms. The Balaban J connectivity index is 1.89. The molecule has 3 nitrogen and oxygen atoms in total. The summed E-state index contributed by atoms with van der Waals surface area (Å²) < 4.78 is 18.6. The Bertz CT molecular complexity index is 584. The first-order chi connectivity index (χ1) is 11.7. The number of benzene rings is 1. The topological polar surface area (TPSA) is 35.0 Å². The van der Waals surface area contributed by atoms with E-state index in [4.69, 9.17) is 4.74 Å². The number of aryl methyl sites for hydroxylation is 1. The zero-order chi connectivity index (χ0) is 17.2. The van der Waals surface area contributed by atoms with Crippen LogP contribution in [0.15, 0.2) is 36.7 Å². The summed E-state index contributed by atoms with van der Waals surface area (Å²) in [6.45, 7) is 4.12. The summed E-state index contributed by atoms with van der Waals surface area (Å²) in [4.78, 5) is 8.91. The first kappa shape index (κ1) is 18.4. The standard InChI is InChI=1S/C20H27FN2O/c1-3-5-6-7-8-16-13-22-20(23-14-16)17-9-11-19(12-10-17)24-15-18(21)4-2/h9-14,18H,3-8,15H2,1-2H3/t18-/m1/s1. The number of hydrogen-bond acceptors (Lipinski definition) is 3. The van der Waals surface area contributed by atoms with E-state index in [1.807, 2.05) is 43.6 Å². The SMILES string of the molecule is CCCCCCc1cnc(-c2ccc(OC[C@H](F)CC)cc2)nc1. The number of rotatable bonds is 10. The van der Waals surface area contributed by atoms with E-state index in [-0.39, 0.29) is 6.61 Å². The minimum absolute atomic E-state index is 0.0963. The van der Waals surface area contributed by atoms with Crippen molar-refractivity contribution in [2.24, 2.45) is 0 Å². The maximum Gasteiger partial charge on any atom is 0.159 e. The lowest BCUT2D eigenvalue weighted by Gasteiger charge is -2.09. The van der Waals surface area contributed by atoms with Crippen LogP contribution in [0.25, 0.3) is 11.4 Å². The smallest absolute Gasteiger partial charge is 0.159 e. The van der Waals surface area contributed by atoms with Gasteiger partial charge in [0.25, 0.3) is 0 Å². The highest BCUT2D eigenvalue weighted by molar-refractivity contribution is 5.55. The number of hydrogen-bond donors (Lipinski definition) is 0. The maximum atomic E-state index is 13.2. The molecule has 0 aliphatic rings. The summed E-state index contributed by atoms with van der Waals surface area (Å²) in [7, 11) is 0. The van der Waals surface area contributed by atoms with E-state index in [9.17, 15) is 4.39 Å². The Morgan fingerprint density at radius 2 is 1.71 bits per heavy atom. The second kappa shape index (κ2) is 10.0. The summed E-state index contributed by atoms with van der Waals surface area (Å²) in [6, 6.07) is 7.48. The highest BCUT2D eigenvalue weighted by Gasteiger charge is 2.06. The Kier molecular flexibility index (Phi) is 7.66. The van der Waals surface area contributed by atoms with Gasteiger partial charge < -0.3 is 4.74 Å². The van der Waals surface area contributed by atoms with Crippen molar-refractivity contribution in [2.45, 2.75) is 58.5 Å². The van der Waals surface area contributed by atoms with E-state index in [0.29, 0.717) is 18.0 Å². The van der Waals surface area contributed by atoms with E-state index in [1.165, 1.54) is 31.2 Å². The zero-order valence-corrected chi connectivity index (χ0v) is 14.7. The molecular weight excluding hydrogens is 303 g/mol. The minimum atomic E-state index is -0.919. The molecule has 24 heavy (non-hydrogen) atoms. The quantitative estimate of drug-likeness (QED) is 0.548. The molecule has 2 rings (SSSR count). The van der Waals surface area contributed by atoms with Crippen LogP contribution in [0.2, 0.25) is 0 Å². The van der Waals surface area contributed by atoms with E-state index in [2.05, 4.69) is 16.9 Å². The number of alkyl halides is 1. The fraction of sp³-hybridized carbons (Fsp3) is 0.500. The van der Waals surface area contributed by atoms with E-state index in [0.717, 1.165) is 12.0 Å². The Morgan fingerprint density at radius 1 is 1.00 bits per heavy atom. The number of aromatic nitrogens is 2. The Morgan fingerprint density at radius 3 is 2.33 bits per heavy atom. The van der Waals surface area contributed by atoms with Crippen LogP contribution in [0.4, 0.5) is 4.39 Å². The van der Waals surface area contributed by atoms with Gasteiger partial charge >= 0.3 is 0 Å². The Labute approximate surface area is 144 Å². The monoisotopic (exact) mass is 330 g/mol. The van der Waals surface area contributed by atoms with Crippen molar-refractivity contribution >= 4 is 0 Å². The van der Waals surface area contributed by atoms with Crippen molar-refractivity contribution < 1.29 is 9.13 Å². The summed E-state index contributed by atoms with van der Waals surface area (Å²) >= 11 is 0. The van der Waals surface area contributed by atoms with Crippen molar-refractivity contribution in [1.82, 2.24) is 9.97 Å². The van der Waals surface area contributed by atoms with Gasteiger partial charge in [-0.3, -0.25) is 0 Å². The molecule has 2 aromatic rings. The molecule has 1 aromatic carbocycles. The molecule has 0 radical (unpaired) electrons. The van der Waals surface area contributed by atoms with Gasteiger partial charge in [-0.15, -0.1) is 0 Å². The fourth-order valence-electron chi connectivity index (χ4n) is 2.39. The molecule has 1 aromatic heterocycles. The minimum Gasteiger partial charge on any atom is -0.491 e. The average Bonchev–Trinajstić information content (AvgIpc) is 2.64. The maximum absolute atomic E-state index is 13.2. The lowest BCUT2D eigenvalue weighted by Crippen LogP contribution is -2.11. The van der Waals surface area contributed by atoms with Crippen molar-refractivity contribution in [3.8, 4) is 17.1 Å². The third kappa shape index (κ3) is 5.91. The van der Waals surface area contributed by atoms with Crippen LogP contribution in [-0.4, -0.2) is 22.7 Å². The van der Waals surface area contributed by atoms with Gasteiger partial charge in [0.1, 0.15) is 18.5 Å². The first-order valence-corrected chi connectivity index (χ1v) is 8.91. The molecule has 0 unspecified atom stereocenters. The van der Waals surface area contributed by atoms with Gasteiger partial charge in [0.15, 0.2) is 5.82 Å². The normalized spacial score (nSPS) is 12.1. The van der Waals surface area contributed by atoms with Crippen LogP contribution < -0.4 is 4.74 Å². The molecule has 0 saturated heterocycles.